The van der Waals surface area contributed by atoms with Crippen molar-refractivity contribution < 1.29 is 9.90 Å². The van der Waals surface area contributed by atoms with Crippen LogP contribution in [0.2, 0.25) is 0 Å². The van der Waals surface area contributed by atoms with Gasteiger partial charge < -0.3 is 10.1 Å². The van der Waals surface area contributed by atoms with Crippen LogP contribution in [-0.2, 0) is 6.42 Å². The Hall–Kier alpha value is -3.66. The number of fused-ring (bicyclic) bond motifs is 1. The average molecular weight is 382 g/mol. The summed E-state index contributed by atoms with van der Waals surface area (Å²) in [5.41, 5.74) is 7.44. The van der Waals surface area contributed by atoms with Gasteiger partial charge in [-0.3, -0.25) is 0 Å². The molecule has 0 bridgehead atoms. The second kappa shape index (κ2) is 7.76. The van der Waals surface area contributed by atoms with E-state index in [2.05, 4.69) is 24.9 Å². The van der Waals surface area contributed by atoms with Gasteiger partial charge in [-0.2, -0.15) is 0 Å². The van der Waals surface area contributed by atoms with Crippen molar-refractivity contribution in [3.05, 3.63) is 99.9 Å². The Morgan fingerprint density at radius 1 is 1.03 bits per heavy atom. The second-order valence-electron chi connectivity index (χ2n) is 7.20. The highest BCUT2D eigenvalue weighted by Gasteiger charge is 2.16. The van der Waals surface area contributed by atoms with Gasteiger partial charge in [0.2, 0.25) is 0 Å². The van der Waals surface area contributed by atoms with Crippen molar-refractivity contribution in [2.24, 2.45) is 0 Å². The van der Waals surface area contributed by atoms with Gasteiger partial charge in [0.05, 0.1) is 16.6 Å². The minimum absolute atomic E-state index is 0.335. The van der Waals surface area contributed by atoms with Gasteiger partial charge in [0, 0.05) is 6.42 Å². The van der Waals surface area contributed by atoms with Crippen LogP contribution in [0.15, 0.2) is 60.7 Å². The predicted molar refractivity (Wildman–Crippen MR) is 117 cm³/mol. The van der Waals surface area contributed by atoms with Crippen LogP contribution in [0.25, 0.3) is 23.2 Å². The van der Waals surface area contributed by atoms with E-state index in [0.717, 1.165) is 44.7 Å². The summed E-state index contributed by atoms with van der Waals surface area (Å²) in [6, 6.07) is 19.3. The van der Waals surface area contributed by atoms with Gasteiger partial charge in [-0.1, -0.05) is 54.6 Å². The number of hydrogen-bond donors (Lipinski definition) is 2. The third-order valence-corrected chi connectivity index (χ3v) is 5.29. The van der Waals surface area contributed by atoms with E-state index in [1.54, 1.807) is 12.1 Å². The number of aromatic amines is 1. The maximum absolute atomic E-state index is 11.6. The Morgan fingerprint density at radius 2 is 1.76 bits per heavy atom. The molecule has 1 heterocycles. The van der Waals surface area contributed by atoms with Crippen LogP contribution in [0.3, 0.4) is 0 Å². The van der Waals surface area contributed by atoms with E-state index in [0.29, 0.717) is 12.0 Å². The molecule has 0 spiro atoms. The summed E-state index contributed by atoms with van der Waals surface area (Å²) in [5.74, 6) is -0.128. The summed E-state index contributed by atoms with van der Waals surface area (Å²) in [7, 11) is 0. The fourth-order valence-electron chi connectivity index (χ4n) is 3.59. The standard InChI is InChI=1S/C25H22N2O2/c1-16-14-22-24(27-23(26-22)13-12-18-8-4-3-5-9-18)21(17(16)2)15-19-10-6-7-11-20(19)25(28)29/h3-14H,15H2,1-2H3,(H,26,27)(H,28,29)/b13-12+. The van der Waals surface area contributed by atoms with Crippen molar-refractivity contribution in [1.29, 1.82) is 0 Å². The highest BCUT2D eigenvalue weighted by Crippen LogP contribution is 2.27. The van der Waals surface area contributed by atoms with Gasteiger partial charge >= 0.3 is 5.97 Å². The number of H-pyrrole nitrogens is 1. The van der Waals surface area contributed by atoms with Gasteiger partial charge in [0.1, 0.15) is 5.82 Å². The zero-order chi connectivity index (χ0) is 20.4. The molecule has 4 nitrogen and oxygen atoms in total. The van der Waals surface area contributed by atoms with Crippen molar-refractivity contribution in [1.82, 2.24) is 9.97 Å². The van der Waals surface area contributed by atoms with Crippen LogP contribution in [-0.4, -0.2) is 21.0 Å². The van der Waals surface area contributed by atoms with E-state index in [4.69, 9.17) is 4.98 Å². The van der Waals surface area contributed by atoms with Crippen molar-refractivity contribution in [3.8, 4) is 0 Å². The number of carboxylic acid groups (broad SMARTS) is 1. The SMILES string of the molecule is Cc1cc2[nH]c(/C=C/c3ccccc3)nc2c(Cc2ccccc2C(=O)O)c1C. The molecule has 0 aliphatic rings. The number of aromatic carboxylic acids is 1. The van der Waals surface area contributed by atoms with E-state index < -0.39 is 5.97 Å². The normalized spacial score (nSPS) is 11.4. The largest absolute Gasteiger partial charge is 0.478 e. The molecule has 0 aliphatic carbocycles. The summed E-state index contributed by atoms with van der Waals surface area (Å²) < 4.78 is 0. The quantitative estimate of drug-likeness (QED) is 0.469. The summed E-state index contributed by atoms with van der Waals surface area (Å²) in [6.45, 7) is 4.14. The molecule has 0 saturated heterocycles. The molecule has 4 aromatic rings. The summed E-state index contributed by atoms with van der Waals surface area (Å²) in [4.78, 5) is 19.8. The van der Waals surface area contributed by atoms with E-state index >= 15 is 0 Å². The summed E-state index contributed by atoms with van der Waals surface area (Å²) in [6.07, 6.45) is 4.52. The lowest BCUT2D eigenvalue weighted by Gasteiger charge is -2.12. The van der Waals surface area contributed by atoms with Crippen LogP contribution in [0.1, 0.15) is 44.0 Å². The van der Waals surface area contributed by atoms with Crippen LogP contribution >= 0.6 is 0 Å². The highest BCUT2D eigenvalue weighted by atomic mass is 16.4. The van der Waals surface area contributed by atoms with E-state index in [1.807, 2.05) is 54.6 Å². The van der Waals surface area contributed by atoms with Gasteiger partial charge in [0.15, 0.2) is 0 Å². The predicted octanol–water partition coefficient (Wildman–Crippen LogP) is 5.64. The van der Waals surface area contributed by atoms with Crippen LogP contribution in [0, 0.1) is 13.8 Å². The third-order valence-electron chi connectivity index (χ3n) is 5.29. The van der Waals surface area contributed by atoms with Gasteiger partial charge in [-0.05, 0) is 59.9 Å². The number of carboxylic acids is 1. The molecule has 1 aromatic heterocycles. The molecule has 0 amide bonds. The maximum Gasteiger partial charge on any atom is 0.335 e. The number of rotatable bonds is 5. The van der Waals surface area contributed by atoms with E-state index in [-0.39, 0.29) is 0 Å². The highest BCUT2D eigenvalue weighted by molar-refractivity contribution is 5.90. The Bertz CT molecular complexity index is 1220. The number of aryl methyl sites for hydroxylation is 1. The van der Waals surface area contributed by atoms with Crippen molar-refractivity contribution in [2.75, 3.05) is 0 Å². The first kappa shape index (κ1) is 18.7. The maximum atomic E-state index is 11.6. The monoisotopic (exact) mass is 382 g/mol. The Morgan fingerprint density at radius 3 is 2.52 bits per heavy atom. The van der Waals surface area contributed by atoms with Gasteiger partial charge in [-0.25, -0.2) is 9.78 Å². The Labute approximate surface area is 169 Å². The summed E-state index contributed by atoms with van der Waals surface area (Å²) >= 11 is 0. The molecule has 144 valence electrons. The third kappa shape index (κ3) is 3.83. The van der Waals surface area contributed by atoms with Crippen molar-refractivity contribution in [2.45, 2.75) is 20.3 Å². The number of nitrogens with zero attached hydrogens (tertiary/aromatic N) is 1. The first-order chi connectivity index (χ1) is 14.0. The minimum atomic E-state index is -0.907. The Kier molecular flexibility index (Phi) is 5.00. The number of hydrogen-bond acceptors (Lipinski definition) is 2. The lowest BCUT2D eigenvalue weighted by Crippen LogP contribution is -2.04. The molecule has 29 heavy (non-hydrogen) atoms. The van der Waals surface area contributed by atoms with Gasteiger partial charge in [-0.15, -0.1) is 0 Å². The first-order valence-corrected chi connectivity index (χ1v) is 9.56. The molecule has 0 aliphatic heterocycles. The lowest BCUT2D eigenvalue weighted by atomic mass is 9.93. The van der Waals surface area contributed by atoms with E-state index in [1.165, 1.54) is 0 Å². The molecule has 0 radical (unpaired) electrons. The molecular weight excluding hydrogens is 360 g/mol. The molecule has 3 aromatic carbocycles. The van der Waals surface area contributed by atoms with Crippen LogP contribution in [0.5, 0.6) is 0 Å². The second-order valence-corrected chi connectivity index (χ2v) is 7.20. The molecule has 0 unspecified atom stereocenters. The molecule has 0 atom stereocenters. The smallest absolute Gasteiger partial charge is 0.335 e. The molecular formula is C25H22N2O2. The molecule has 0 saturated carbocycles. The van der Waals surface area contributed by atoms with Crippen molar-refractivity contribution in [3.63, 3.8) is 0 Å². The first-order valence-electron chi connectivity index (χ1n) is 9.56. The zero-order valence-corrected chi connectivity index (χ0v) is 16.4. The van der Waals surface area contributed by atoms with E-state index in [9.17, 15) is 9.90 Å². The number of nitrogens with one attached hydrogen (secondary N) is 1. The van der Waals surface area contributed by atoms with Gasteiger partial charge in [0.25, 0.3) is 0 Å². The average Bonchev–Trinajstić information content (AvgIpc) is 3.13. The zero-order valence-electron chi connectivity index (χ0n) is 16.4. The number of aromatic nitrogens is 2. The van der Waals surface area contributed by atoms with Crippen molar-refractivity contribution >= 4 is 29.2 Å². The molecule has 2 N–H and O–H groups in total. The minimum Gasteiger partial charge on any atom is -0.478 e. The number of imidazole rings is 1. The molecule has 4 rings (SSSR count). The molecule has 4 heteroatoms. The molecule has 0 fully saturated rings. The number of benzene rings is 3. The number of carbonyl (C=O) groups is 1. The lowest BCUT2D eigenvalue weighted by molar-refractivity contribution is 0.0696. The van der Waals surface area contributed by atoms with Crippen LogP contribution in [0.4, 0.5) is 0 Å². The van der Waals surface area contributed by atoms with Crippen LogP contribution < -0.4 is 0 Å². The fraction of sp³-hybridized carbons (Fsp3) is 0.120. The fourth-order valence-corrected chi connectivity index (χ4v) is 3.59. The Balaban J connectivity index is 1.78. The summed E-state index contributed by atoms with van der Waals surface area (Å²) in [5, 5.41) is 9.53. The topological polar surface area (TPSA) is 66.0 Å².